The van der Waals surface area contributed by atoms with Crippen LogP contribution in [-0.2, 0) is 0 Å². The molecule has 21 heavy (non-hydrogen) atoms. The molecule has 0 spiro atoms. The van der Waals surface area contributed by atoms with Gasteiger partial charge in [-0.3, -0.25) is 0 Å². The fourth-order valence-corrected chi connectivity index (χ4v) is 6.78. The van der Waals surface area contributed by atoms with Crippen LogP contribution in [0, 0.1) is 41.4 Å². The monoisotopic (exact) mass is 308 g/mol. The van der Waals surface area contributed by atoms with Gasteiger partial charge in [-0.05, 0) is 62.2 Å². The van der Waals surface area contributed by atoms with E-state index in [0.717, 1.165) is 19.8 Å². The first-order valence-electron chi connectivity index (χ1n) is 8.05. The molecule has 4 bridgehead atoms. The van der Waals surface area contributed by atoms with E-state index in [1.807, 2.05) is 0 Å². The number of halogens is 5. The number of hydrogen-bond donors (Lipinski definition) is 0. The summed E-state index contributed by atoms with van der Waals surface area (Å²) in [6.45, 7) is 3.01. The Hall–Kier alpha value is -0.350. The molecule has 0 aromatic carbocycles. The van der Waals surface area contributed by atoms with Gasteiger partial charge in [-0.1, -0.05) is 6.92 Å². The number of alkyl halides is 5. The average molecular weight is 308 g/mol. The summed E-state index contributed by atoms with van der Waals surface area (Å²) in [5, 5.41) is 0. The van der Waals surface area contributed by atoms with Crippen LogP contribution in [-0.4, -0.2) is 17.5 Å². The minimum atomic E-state index is -5.11. The van der Waals surface area contributed by atoms with Gasteiger partial charge in [-0.25, -0.2) is 8.78 Å². The van der Waals surface area contributed by atoms with E-state index in [1.165, 1.54) is 0 Å². The van der Waals surface area contributed by atoms with E-state index in [-0.39, 0.29) is 18.3 Å². The first-order valence-corrected chi connectivity index (χ1v) is 8.05. The van der Waals surface area contributed by atoms with Crippen LogP contribution in [0.15, 0.2) is 0 Å². The van der Waals surface area contributed by atoms with Crippen molar-refractivity contribution in [2.24, 2.45) is 41.4 Å². The van der Waals surface area contributed by atoms with Crippen LogP contribution in [0.3, 0.4) is 0 Å². The van der Waals surface area contributed by atoms with Gasteiger partial charge < -0.3 is 0 Å². The SMILES string of the molecule is CC1C2CCC1C1C(C2)C2CC1C(C)(F)C2(F)C(F)(F)F. The molecule has 4 fully saturated rings. The zero-order valence-electron chi connectivity index (χ0n) is 12.3. The van der Waals surface area contributed by atoms with E-state index in [0.29, 0.717) is 24.2 Å². The standard InChI is InChI=1S/C16H21F5/c1-7-8-3-4-9(7)13-10(5-8)11-6-12(13)14(2,17)15(11,18)16(19,20)21/h7-13H,3-6H2,1-2H3. The maximum atomic E-state index is 15.0. The summed E-state index contributed by atoms with van der Waals surface area (Å²) in [5.41, 5.74) is -6.42. The zero-order valence-corrected chi connectivity index (χ0v) is 12.3. The number of hydrogen-bond acceptors (Lipinski definition) is 0. The van der Waals surface area contributed by atoms with Crippen molar-refractivity contribution < 1.29 is 22.0 Å². The van der Waals surface area contributed by atoms with Crippen molar-refractivity contribution in [2.45, 2.75) is 57.0 Å². The van der Waals surface area contributed by atoms with Gasteiger partial charge in [0.1, 0.15) is 0 Å². The second-order valence-electron chi connectivity index (χ2n) is 8.07. The highest BCUT2D eigenvalue weighted by Crippen LogP contribution is 2.74. The van der Waals surface area contributed by atoms with Crippen molar-refractivity contribution in [3.05, 3.63) is 0 Å². The quantitative estimate of drug-likeness (QED) is 0.556. The maximum absolute atomic E-state index is 15.0. The molecule has 0 heterocycles. The molecule has 4 rings (SSSR count). The smallest absolute Gasteiger partial charge is 0.240 e. The predicted molar refractivity (Wildman–Crippen MR) is 68.0 cm³/mol. The fraction of sp³-hybridized carbons (Fsp3) is 1.00. The zero-order chi connectivity index (χ0) is 15.4. The van der Waals surface area contributed by atoms with Crippen molar-refractivity contribution >= 4 is 0 Å². The van der Waals surface area contributed by atoms with Crippen molar-refractivity contribution in [1.29, 1.82) is 0 Å². The first-order chi connectivity index (χ1) is 9.60. The Morgan fingerprint density at radius 1 is 0.952 bits per heavy atom. The van der Waals surface area contributed by atoms with Crippen LogP contribution in [0.25, 0.3) is 0 Å². The molecule has 0 saturated heterocycles. The van der Waals surface area contributed by atoms with Crippen LogP contribution in [0.4, 0.5) is 22.0 Å². The van der Waals surface area contributed by atoms with E-state index in [2.05, 4.69) is 6.92 Å². The Balaban J connectivity index is 1.78. The van der Waals surface area contributed by atoms with Crippen LogP contribution in [0.1, 0.15) is 39.5 Å². The summed E-state index contributed by atoms with van der Waals surface area (Å²) >= 11 is 0. The maximum Gasteiger partial charge on any atom is 0.425 e. The first kappa shape index (κ1) is 14.3. The molecule has 9 atom stereocenters. The lowest BCUT2D eigenvalue weighted by atomic mass is 9.56. The van der Waals surface area contributed by atoms with E-state index < -0.39 is 29.3 Å². The molecule has 0 radical (unpaired) electrons. The normalized spacial score (nSPS) is 62.1. The Morgan fingerprint density at radius 3 is 2.24 bits per heavy atom. The highest BCUT2D eigenvalue weighted by atomic mass is 19.4. The lowest BCUT2D eigenvalue weighted by Gasteiger charge is -2.52. The summed E-state index contributed by atoms with van der Waals surface area (Å²) in [5.74, 6) is -1.05. The lowest BCUT2D eigenvalue weighted by molar-refractivity contribution is -0.300. The third-order valence-electron chi connectivity index (χ3n) is 7.67. The Labute approximate surface area is 121 Å². The van der Waals surface area contributed by atoms with Crippen molar-refractivity contribution in [1.82, 2.24) is 0 Å². The third kappa shape index (κ3) is 1.38. The van der Waals surface area contributed by atoms with Gasteiger partial charge in [0.05, 0.1) is 0 Å². The Morgan fingerprint density at radius 2 is 1.62 bits per heavy atom. The van der Waals surface area contributed by atoms with Crippen molar-refractivity contribution in [3.8, 4) is 0 Å². The minimum absolute atomic E-state index is 0.0371. The summed E-state index contributed by atoms with van der Waals surface area (Å²) in [4.78, 5) is 0. The molecule has 4 aliphatic carbocycles. The minimum Gasteiger partial charge on any atom is -0.240 e. The van der Waals surface area contributed by atoms with E-state index in [4.69, 9.17) is 0 Å². The van der Waals surface area contributed by atoms with Crippen LogP contribution in [0.2, 0.25) is 0 Å². The van der Waals surface area contributed by atoms with E-state index in [1.54, 1.807) is 0 Å². The highest BCUT2D eigenvalue weighted by Gasteiger charge is 2.83. The largest absolute Gasteiger partial charge is 0.425 e. The van der Waals surface area contributed by atoms with E-state index >= 15 is 0 Å². The van der Waals surface area contributed by atoms with Gasteiger partial charge in [0.25, 0.3) is 0 Å². The van der Waals surface area contributed by atoms with Crippen LogP contribution >= 0.6 is 0 Å². The van der Waals surface area contributed by atoms with Crippen LogP contribution < -0.4 is 0 Å². The molecule has 0 nitrogen and oxygen atoms in total. The van der Waals surface area contributed by atoms with Crippen molar-refractivity contribution in [2.75, 3.05) is 0 Å². The van der Waals surface area contributed by atoms with E-state index in [9.17, 15) is 22.0 Å². The average Bonchev–Trinajstić information content (AvgIpc) is 2.90. The Bertz CT molecular complexity index is 470. The van der Waals surface area contributed by atoms with Gasteiger partial charge in [0.2, 0.25) is 5.67 Å². The summed E-state index contributed by atoms with van der Waals surface area (Å²) in [6.07, 6.45) is -2.36. The molecule has 0 aromatic heterocycles. The van der Waals surface area contributed by atoms with Gasteiger partial charge in [-0.15, -0.1) is 0 Å². The topological polar surface area (TPSA) is 0 Å². The van der Waals surface area contributed by atoms with Gasteiger partial charge in [-0.2, -0.15) is 13.2 Å². The molecule has 4 saturated carbocycles. The second kappa shape index (κ2) is 3.76. The number of rotatable bonds is 0. The molecular weight excluding hydrogens is 287 g/mol. The second-order valence-corrected chi connectivity index (χ2v) is 8.07. The third-order valence-corrected chi connectivity index (χ3v) is 7.67. The highest BCUT2D eigenvalue weighted by molar-refractivity contribution is 5.25. The summed E-state index contributed by atoms with van der Waals surface area (Å²) in [6, 6.07) is 0. The summed E-state index contributed by atoms with van der Waals surface area (Å²) < 4.78 is 69.9. The summed E-state index contributed by atoms with van der Waals surface area (Å²) in [7, 11) is 0. The Kier molecular flexibility index (Phi) is 2.55. The number of fused-ring (bicyclic) bond motifs is 8. The molecule has 0 aromatic rings. The molecule has 0 aliphatic heterocycles. The molecule has 0 amide bonds. The molecular formula is C16H21F5. The molecule has 4 aliphatic rings. The van der Waals surface area contributed by atoms with Crippen LogP contribution in [0.5, 0.6) is 0 Å². The molecule has 0 N–H and O–H groups in total. The molecule has 5 heteroatoms. The van der Waals surface area contributed by atoms with Gasteiger partial charge in [0.15, 0.2) is 5.67 Å². The predicted octanol–water partition coefficient (Wildman–Crippen LogP) is 4.93. The molecule has 9 unspecified atom stereocenters. The van der Waals surface area contributed by atoms with Gasteiger partial charge >= 0.3 is 6.18 Å². The van der Waals surface area contributed by atoms with Crippen molar-refractivity contribution in [3.63, 3.8) is 0 Å². The molecule has 120 valence electrons. The van der Waals surface area contributed by atoms with Gasteiger partial charge in [0, 0.05) is 11.8 Å². The fourth-order valence-electron chi connectivity index (χ4n) is 6.78. The lowest BCUT2D eigenvalue weighted by Crippen LogP contribution is -2.64.